The lowest BCUT2D eigenvalue weighted by molar-refractivity contribution is -0.608. The number of hydrogen-bond donors (Lipinski definition) is 0. The van der Waals surface area contributed by atoms with E-state index < -0.39 is 0 Å². The minimum absolute atomic E-state index is 0.286. The maximum atomic E-state index is 7.07. The van der Waals surface area contributed by atoms with Gasteiger partial charge >= 0.3 is 0 Å². The average molecular weight is 660 g/mol. The molecule has 1 unspecified atom stereocenters. The van der Waals surface area contributed by atoms with Gasteiger partial charge in [0.2, 0.25) is 17.6 Å². The molecule has 7 aromatic rings. The lowest BCUT2D eigenvalue weighted by Gasteiger charge is -2.18. The number of rotatable bonds is 7. The van der Waals surface area contributed by atoms with Gasteiger partial charge in [0.1, 0.15) is 11.4 Å². The lowest BCUT2D eigenvalue weighted by atomic mass is 9.96. The molecule has 0 bridgehead atoms. The Morgan fingerprint density at radius 1 is 0.500 bits per heavy atom. The smallest absolute Gasteiger partial charge is 0.222 e. The molecule has 0 saturated heterocycles. The second kappa shape index (κ2) is 13.0. The molecule has 1 atom stereocenters. The molecule has 1 aliphatic rings. The van der Waals surface area contributed by atoms with Crippen LogP contribution in [0.25, 0.3) is 39.5 Å². The molecule has 0 amide bonds. The predicted molar refractivity (Wildman–Crippen MR) is 198 cm³/mol. The van der Waals surface area contributed by atoms with Crippen molar-refractivity contribution < 1.29 is 4.68 Å². The van der Waals surface area contributed by atoms with Crippen LogP contribution in [0.5, 0.6) is 0 Å². The highest BCUT2D eigenvalue weighted by atomic mass is 35.5. The fourth-order valence-electron chi connectivity index (χ4n) is 6.56. The highest BCUT2D eigenvalue weighted by molar-refractivity contribution is 6.33. The van der Waals surface area contributed by atoms with Gasteiger partial charge in [-0.25, -0.2) is 4.98 Å². The minimum atomic E-state index is -0.286. The molecule has 0 radical (unpaired) electrons. The Morgan fingerprint density at radius 2 is 1.00 bits per heavy atom. The van der Waals surface area contributed by atoms with Gasteiger partial charge in [-0.15, -0.1) is 0 Å². The quantitative estimate of drug-likeness (QED) is 0.156. The predicted octanol–water partition coefficient (Wildman–Crippen LogP) is 11.3. The zero-order valence-electron chi connectivity index (χ0n) is 25.9. The van der Waals surface area contributed by atoms with Crippen LogP contribution in [0.1, 0.15) is 22.7 Å². The van der Waals surface area contributed by atoms with Crippen molar-refractivity contribution in [2.24, 2.45) is 0 Å². The number of nitrogens with zero attached hydrogens (tertiary/aromatic N) is 3. The van der Waals surface area contributed by atoms with Gasteiger partial charge in [-0.3, -0.25) is 0 Å². The summed E-state index contributed by atoms with van der Waals surface area (Å²) in [5.41, 5.74) is 9.98. The van der Waals surface area contributed by atoms with Crippen molar-refractivity contribution in [3.05, 3.63) is 203 Å². The van der Waals surface area contributed by atoms with E-state index in [1.165, 1.54) is 0 Å². The molecule has 48 heavy (non-hydrogen) atoms. The van der Waals surface area contributed by atoms with Gasteiger partial charge in [0.25, 0.3) is 0 Å². The molecule has 0 fully saturated rings. The normalized spacial score (nSPS) is 14.3. The number of allylic oxidation sites excluding steroid dienone is 1. The van der Waals surface area contributed by atoms with Gasteiger partial charge < -0.3 is 0 Å². The first-order valence-electron chi connectivity index (χ1n) is 15.9. The summed E-state index contributed by atoms with van der Waals surface area (Å²) < 4.78 is 4.63. The molecule has 230 valence electrons. The second-order valence-corrected chi connectivity index (χ2v) is 12.4. The summed E-state index contributed by atoms with van der Waals surface area (Å²) in [5.74, 6) is 0.728. The van der Waals surface area contributed by atoms with Gasteiger partial charge in [0, 0.05) is 33.9 Å². The molecule has 5 heteroatoms. The standard InChI is InChI=1S/C43H30Cl2N3/c44-37-27-15-13-25-34(37)39-29-36(30-17-5-1-6-18-30)41(32-21-9-3-10-22-32)47(39)48-42(33-23-11-4-12-24-33)40(31-19-7-2-8-20-31)46-43(48)35-26-14-16-28-38(35)45/h1-29,39H/q+1. The Morgan fingerprint density at radius 3 is 1.60 bits per heavy atom. The highest BCUT2D eigenvalue weighted by Gasteiger charge is 2.43. The van der Waals surface area contributed by atoms with E-state index in [2.05, 4.69) is 131 Å². The van der Waals surface area contributed by atoms with Crippen LogP contribution in [0.4, 0.5) is 0 Å². The van der Waals surface area contributed by atoms with Crippen LogP contribution in [0.15, 0.2) is 176 Å². The summed E-state index contributed by atoms with van der Waals surface area (Å²) in [5, 5.41) is 1.31. The molecule has 2 heterocycles. The molecule has 1 aromatic heterocycles. The summed E-state index contributed by atoms with van der Waals surface area (Å²) in [6.45, 7) is 0. The first-order chi connectivity index (χ1) is 23.7. The van der Waals surface area contributed by atoms with Crippen LogP contribution in [0.2, 0.25) is 10.0 Å². The third-order valence-electron chi connectivity index (χ3n) is 8.71. The van der Waals surface area contributed by atoms with Crippen molar-refractivity contribution in [1.82, 2.24) is 9.66 Å². The van der Waals surface area contributed by atoms with E-state index in [-0.39, 0.29) is 6.04 Å². The Hall–Kier alpha value is -5.48. The lowest BCUT2D eigenvalue weighted by Crippen LogP contribution is -2.29. The van der Waals surface area contributed by atoms with Crippen molar-refractivity contribution in [2.45, 2.75) is 6.04 Å². The third-order valence-corrected chi connectivity index (χ3v) is 9.38. The van der Waals surface area contributed by atoms with E-state index in [1.807, 2.05) is 54.6 Å². The molecule has 1 aliphatic heterocycles. The van der Waals surface area contributed by atoms with Crippen molar-refractivity contribution in [3.8, 4) is 33.9 Å². The first-order valence-corrected chi connectivity index (χ1v) is 16.7. The highest BCUT2D eigenvalue weighted by Crippen LogP contribution is 2.43. The summed E-state index contributed by atoms with van der Waals surface area (Å²) in [4.78, 5) is 5.48. The fraction of sp³-hybridized carbons (Fsp3) is 0.0233. The largest absolute Gasteiger partial charge is 0.246 e. The topological polar surface area (TPSA) is 20.8 Å². The van der Waals surface area contributed by atoms with Gasteiger partial charge in [0.05, 0.1) is 15.6 Å². The van der Waals surface area contributed by atoms with Crippen LogP contribution in [0, 0.1) is 0 Å². The second-order valence-electron chi connectivity index (χ2n) is 11.6. The molecule has 0 aliphatic carbocycles. The molecule has 0 N–H and O–H groups in total. The van der Waals surface area contributed by atoms with Crippen LogP contribution in [0.3, 0.4) is 0 Å². The maximum absolute atomic E-state index is 7.07. The van der Waals surface area contributed by atoms with Crippen molar-refractivity contribution in [3.63, 3.8) is 0 Å². The van der Waals surface area contributed by atoms with Crippen molar-refractivity contribution in [1.29, 1.82) is 0 Å². The Balaban J connectivity index is 1.58. The fourth-order valence-corrected chi connectivity index (χ4v) is 7.02. The Labute approximate surface area is 290 Å². The maximum Gasteiger partial charge on any atom is 0.246 e. The Bertz CT molecular complexity index is 2290. The third kappa shape index (κ3) is 5.37. The van der Waals surface area contributed by atoms with Gasteiger partial charge in [-0.2, -0.15) is 0 Å². The van der Waals surface area contributed by atoms with Gasteiger partial charge in [-0.1, -0.05) is 172 Å². The van der Waals surface area contributed by atoms with E-state index in [0.717, 1.165) is 61.9 Å². The van der Waals surface area contributed by atoms with Crippen LogP contribution in [-0.2, 0) is 0 Å². The molecule has 0 saturated carbocycles. The van der Waals surface area contributed by atoms with E-state index in [4.69, 9.17) is 28.2 Å². The van der Waals surface area contributed by atoms with Crippen LogP contribution >= 0.6 is 23.2 Å². The number of halogens is 2. The molecule has 8 rings (SSSR count). The zero-order chi connectivity index (χ0) is 32.5. The summed E-state index contributed by atoms with van der Waals surface area (Å²) in [6.07, 6.45) is 2.33. The minimum Gasteiger partial charge on any atom is -0.222 e. The Kier molecular flexibility index (Phi) is 8.07. The average Bonchev–Trinajstić information content (AvgIpc) is 3.73. The SMILES string of the molecule is Clc1ccccc1-c1nc(-c2ccccc2)c(-c2ccccc2)n1[N+]1=C(c2ccccc2)C(c2ccccc2)=CC1c1ccccc1Cl. The molecule has 6 aromatic carbocycles. The van der Waals surface area contributed by atoms with E-state index in [0.29, 0.717) is 10.0 Å². The van der Waals surface area contributed by atoms with E-state index in [1.54, 1.807) is 0 Å². The molecule has 3 nitrogen and oxygen atoms in total. The van der Waals surface area contributed by atoms with Gasteiger partial charge in [-0.05, 0) is 35.9 Å². The number of imidazole rings is 1. The van der Waals surface area contributed by atoms with Crippen LogP contribution in [-0.4, -0.2) is 20.1 Å². The summed E-state index contributed by atoms with van der Waals surface area (Å²) in [7, 11) is 0. The number of aromatic nitrogens is 2. The molecular formula is C43H30Cl2N3+. The van der Waals surface area contributed by atoms with E-state index >= 15 is 0 Å². The summed E-state index contributed by atoms with van der Waals surface area (Å²) >= 11 is 14.1. The van der Waals surface area contributed by atoms with Crippen molar-refractivity contribution >= 4 is 34.5 Å². The first kappa shape index (κ1) is 29.9. The number of benzene rings is 6. The summed E-state index contributed by atoms with van der Waals surface area (Å²) in [6, 6.07) is 57.7. The monoisotopic (exact) mass is 658 g/mol. The van der Waals surface area contributed by atoms with E-state index in [9.17, 15) is 0 Å². The zero-order valence-corrected chi connectivity index (χ0v) is 27.4. The number of hydrogen-bond acceptors (Lipinski definition) is 1. The van der Waals surface area contributed by atoms with Gasteiger partial charge in [0.15, 0.2) is 0 Å². The van der Waals surface area contributed by atoms with Crippen molar-refractivity contribution in [2.75, 3.05) is 0 Å². The molecule has 0 spiro atoms. The van der Waals surface area contributed by atoms with Crippen LogP contribution < -0.4 is 0 Å². The molecular weight excluding hydrogens is 629 g/mol.